The van der Waals surface area contributed by atoms with Gasteiger partial charge in [0.05, 0.1) is 19.6 Å². The fourth-order valence-corrected chi connectivity index (χ4v) is 3.13. The second-order valence-corrected chi connectivity index (χ2v) is 6.59. The largest absolute Gasteiger partial charge is 0.469 e. The van der Waals surface area contributed by atoms with Gasteiger partial charge < -0.3 is 9.30 Å². The van der Waals surface area contributed by atoms with Gasteiger partial charge in [-0.2, -0.15) is 0 Å². The van der Waals surface area contributed by atoms with Crippen LogP contribution in [0.2, 0.25) is 0 Å². The first-order chi connectivity index (χ1) is 12.1. The molecular weight excluding hydrogens is 321 g/mol. The minimum atomic E-state index is -0.484. The number of pyridine rings is 1. The zero-order valence-electron chi connectivity index (χ0n) is 14.3. The average Bonchev–Trinajstić information content (AvgIpc) is 3.43. The molecule has 0 radical (unpaired) electrons. The Morgan fingerprint density at radius 3 is 2.80 bits per heavy atom. The Balaban J connectivity index is 1.94. The van der Waals surface area contributed by atoms with Crippen LogP contribution < -0.4 is 5.56 Å². The Labute approximate surface area is 146 Å². The van der Waals surface area contributed by atoms with E-state index in [1.807, 2.05) is 6.07 Å². The Morgan fingerprint density at radius 1 is 1.32 bits per heavy atom. The summed E-state index contributed by atoms with van der Waals surface area (Å²) >= 11 is 0. The minimum Gasteiger partial charge on any atom is -0.469 e. The zero-order chi connectivity index (χ0) is 17.8. The number of nitrogens with zero attached hydrogens (tertiary/aromatic N) is 1. The maximum Gasteiger partial charge on any atom is 0.310 e. The van der Waals surface area contributed by atoms with Crippen molar-refractivity contribution in [2.45, 2.75) is 38.1 Å². The molecule has 1 aliphatic rings. The first-order valence-electron chi connectivity index (χ1n) is 8.61. The molecule has 0 spiro atoms. The van der Waals surface area contributed by atoms with Gasteiger partial charge in [-0.1, -0.05) is 31.0 Å². The summed E-state index contributed by atoms with van der Waals surface area (Å²) < 4.78 is 20.4. The standard InChI is InChI=1S/C20H22FNO3/c1-25-20(24)13-16-12-15(8-9-17(16)21)18(10-7-14-5-6-14)22-11-3-2-4-19(22)23/h2-4,8-9,11-12,14,18H,5-7,10,13H2,1H3. The molecule has 4 nitrogen and oxygen atoms in total. The van der Waals surface area contributed by atoms with Crippen LogP contribution in [0.3, 0.4) is 0 Å². The lowest BCUT2D eigenvalue weighted by molar-refractivity contribution is -0.139. The van der Waals surface area contributed by atoms with Crippen molar-refractivity contribution in [1.29, 1.82) is 0 Å². The molecule has 5 heteroatoms. The van der Waals surface area contributed by atoms with Gasteiger partial charge in [-0.05, 0) is 42.0 Å². The summed E-state index contributed by atoms with van der Waals surface area (Å²) in [5, 5.41) is 0. The highest BCUT2D eigenvalue weighted by Gasteiger charge is 2.24. The van der Waals surface area contributed by atoms with Gasteiger partial charge >= 0.3 is 5.97 Å². The number of aromatic nitrogens is 1. The second kappa shape index (κ2) is 7.64. The van der Waals surface area contributed by atoms with Crippen LogP contribution in [0.5, 0.6) is 0 Å². The van der Waals surface area contributed by atoms with Gasteiger partial charge in [0.1, 0.15) is 5.82 Å². The van der Waals surface area contributed by atoms with Crippen LogP contribution in [0.4, 0.5) is 4.39 Å². The predicted octanol–water partition coefficient (Wildman–Crippen LogP) is 3.48. The van der Waals surface area contributed by atoms with Crippen LogP contribution in [0, 0.1) is 11.7 Å². The zero-order valence-corrected chi connectivity index (χ0v) is 14.3. The molecule has 0 amide bonds. The second-order valence-electron chi connectivity index (χ2n) is 6.59. The molecule has 132 valence electrons. The molecule has 1 aliphatic carbocycles. The maximum absolute atomic E-state index is 14.1. The number of hydrogen-bond donors (Lipinski definition) is 0. The molecule has 25 heavy (non-hydrogen) atoms. The molecule has 1 heterocycles. The lowest BCUT2D eigenvalue weighted by atomic mass is 9.97. The number of benzene rings is 1. The van der Waals surface area contributed by atoms with Crippen LogP contribution in [0.1, 0.15) is 42.9 Å². The molecule has 1 aromatic carbocycles. The number of hydrogen-bond acceptors (Lipinski definition) is 3. The van der Waals surface area contributed by atoms with E-state index in [0.29, 0.717) is 5.56 Å². The molecule has 1 fully saturated rings. The Hall–Kier alpha value is -2.43. The van der Waals surface area contributed by atoms with E-state index in [1.54, 1.807) is 29.0 Å². The third kappa shape index (κ3) is 4.35. The number of carbonyl (C=O) groups is 1. The summed E-state index contributed by atoms with van der Waals surface area (Å²) in [6, 6.07) is 9.66. The van der Waals surface area contributed by atoms with E-state index in [2.05, 4.69) is 4.74 Å². The van der Waals surface area contributed by atoms with Crippen molar-refractivity contribution in [3.8, 4) is 0 Å². The van der Waals surface area contributed by atoms with Crippen molar-refractivity contribution in [3.63, 3.8) is 0 Å². The molecule has 1 unspecified atom stereocenters. The molecule has 2 aromatic rings. The van der Waals surface area contributed by atoms with Crippen LogP contribution in [0.25, 0.3) is 0 Å². The van der Waals surface area contributed by atoms with E-state index in [1.165, 1.54) is 32.1 Å². The summed E-state index contributed by atoms with van der Waals surface area (Å²) in [6.07, 6.45) is 5.99. The van der Waals surface area contributed by atoms with Crippen LogP contribution in [-0.4, -0.2) is 17.6 Å². The summed E-state index contributed by atoms with van der Waals surface area (Å²) in [5.74, 6) is -0.185. The van der Waals surface area contributed by atoms with Gasteiger partial charge in [-0.15, -0.1) is 0 Å². The van der Waals surface area contributed by atoms with Gasteiger partial charge in [0, 0.05) is 12.3 Å². The van der Waals surface area contributed by atoms with Crippen LogP contribution in [-0.2, 0) is 16.0 Å². The van der Waals surface area contributed by atoms with Crippen molar-refractivity contribution in [2.75, 3.05) is 7.11 Å². The molecule has 0 bridgehead atoms. The molecular formula is C20H22FNO3. The Bertz CT molecular complexity index is 811. The van der Waals surface area contributed by atoms with E-state index >= 15 is 0 Å². The van der Waals surface area contributed by atoms with Crippen molar-refractivity contribution < 1.29 is 13.9 Å². The lowest BCUT2D eigenvalue weighted by Crippen LogP contribution is -2.24. The summed E-state index contributed by atoms with van der Waals surface area (Å²) in [4.78, 5) is 23.8. The van der Waals surface area contributed by atoms with Crippen LogP contribution in [0.15, 0.2) is 47.4 Å². The lowest BCUT2D eigenvalue weighted by Gasteiger charge is -2.21. The number of carbonyl (C=O) groups excluding carboxylic acids is 1. The molecule has 0 N–H and O–H groups in total. The van der Waals surface area contributed by atoms with E-state index in [4.69, 9.17) is 0 Å². The monoisotopic (exact) mass is 343 g/mol. The number of methoxy groups -OCH3 is 1. The average molecular weight is 343 g/mol. The molecule has 1 saturated carbocycles. The maximum atomic E-state index is 14.1. The normalized spacial score (nSPS) is 15.0. The molecule has 3 rings (SSSR count). The minimum absolute atomic E-state index is 0.0814. The SMILES string of the molecule is COC(=O)Cc1cc(C(CCC2CC2)n2ccccc2=O)ccc1F. The fraction of sp³-hybridized carbons (Fsp3) is 0.400. The quantitative estimate of drug-likeness (QED) is 0.723. The number of rotatable bonds is 7. The van der Waals surface area contributed by atoms with Gasteiger partial charge in [-0.3, -0.25) is 9.59 Å². The van der Waals surface area contributed by atoms with Gasteiger partial charge in [0.25, 0.3) is 5.56 Å². The Morgan fingerprint density at radius 2 is 2.12 bits per heavy atom. The van der Waals surface area contributed by atoms with E-state index in [9.17, 15) is 14.0 Å². The van der Waals surface area contributed by atoms with Crippen molar-refractivity contribution in [2.24, 2.45) is 5.92 Å². The highest BCUT2D eigenvalue weighted by Crippen LogP contribution is 2.37. The highest BCUT2D eigenvalue weighted by atomic mass is 19.1. The van der Waals surface area contributed by atoms with E-state index < -0.39 is 11.8 Å². The topological polar surface area (TPSA) is 48.3 Å². The van der Waals surface area contributed by atoms with Gasteiger partial charge in [0.2, 0.25) is 0 Å². The highest BCUT2D eigenvalue weighted by molar-refractivity contribution is 5.72. The summed E-state index contributed by atoms with van der Waals surface area (Å²) in [6.45, 7) is 0. The van der Waals surface area contributed by atoms with Crippen molar-refractivity contribution >= 4 is 5.97 Å². The van der Waals surface area contributed by atoms with Crippen molar-refractivity contribution in [3.05, 3.63) is 69.9 Å². The number of esters is 1. The number of ether oxygens (including phenoxy) is 1. The first kappa shape index (κ1) is 17.4. The van der Waals surface area contributed by atoms with Crippen molar-refractivity contribution in [1.82, 2.24) is 4.57 Å². The smallest absolute Gasteiger partial charge is 0.310 e. The third-order valence-corrected chi connectivity index (χ3v) is 4.75. The third-order valence-electron chi connectivity index (χ3n) is 4.75. The first-order valence-corrected chi connectivity index (χ1v) is 8.61. The molecule has 0 saturated heterocycles. The van der Waals surface area contributed by atoms with Crippen LogP contribution >= 0.6 is 0 Å². The van der Waals surface area contributed by atoms with E-state index in [-0.39, 0.29) is 18.0 Å². The molecule has 0 aliphatic heterocycles. The van der Waals surface area contributed by atoms with E-state index in [0.717, 1.165) is 24.3 Å². The number of halogens is 1. The Kier molecular flexibility index (Phi) is 5.31. The molecule has 1 aromatic heterocycles. The predicted molar refractivity (Wildman–Crippen MR) is 92.9 cm³/mol. The summed E-state index contributed by atoms with van der Waals surface area (Å²) in [5.41, 5.74) is 1.06. The summed E-state index contributed by atoms with van der Waals surface area (Å²) in [7, 11) is 1.28. The van der Waals surface area contributed by atoms with Gasteiger partial charge in [0.15, 0.2) is 0 Å². The molecule has 1 atom stereocenters. The van der Waals surface area contributed by atoms with Gasteiger partial charge in [-0.25, -0.2) is 4.39 Å². The fourth-order valence-electron chi connectivity index (χ4n) is 3.13.